The van der Waals surface area contributed by atoms with Crippen molar-refractivity contribution in [2.75, 3.05) is 25.5 Å². The summed E-state index contributed by atoms with van der Waals surface area (Å²) in [6.07, 6.45) is 1.29. The number of piperidine rings is 1. The lowest BCUT2D eigenvalue weighted by Gasteiger charge is -2.32. The van der Waals surface area contributed by atoms with Gasteiger partial charge in [-0.05, 0) is 67.5 Å². The van der Waals surface area contributed by atoms with Gasteiger partial charge in [0.15, 0.2) is 0 Å². The molecule has 1 saturated heterocycles. The van der Waals surface area contributed by atoms with Crippen molar-refractivity contribution in [1.29, 1.82) is 0 Å². The van der Waals surface area contributed by atoms with E-state index in [2.05, 4.69) is 5.32 Å². The zero-order valence-electron chi connectivity index (χ0n) is 18.9. The van der Waals surface area contributed by atoms with E-state index in [1.165, 1.54) is 11.4 Å². The first kappa shape index (κ1) is 23.3. The maximum Gasteiger partial charge on any atom is 0.246 e. The van der Waals surface area contributed by atoms with Crippen molar-refractivity contribution >= 4 is 21.6 Å². The normalized spacial score (nSPS) is 17.5. The van der Waals surface area contributed by atoms with E-state index in [0.29, 0.717) is 25.1 Å². The van der Waals surface area contributed by atoms with Crippen LogP contribution in [0.25, 0.3) is 0 Å². The van der Waals surface area contributed by atoms with E-state index >= 15 is 0 Å². The molecular weight excluding hydrogens is 412 g/mol. The standard InChI is InChI=1S/C24H32N2O4S/c1-16(2)19-11-12-22(30-5)23(14-19)31(28,29)26-13-7-9-20(15-26)24(27)25-21-10-6-8-17(3)18(21)4/h6,8,10-12,14,16,20H,7,9,13,15H2,1-5H3,(H,25,27)/t20-/m0/s1. The predicted molar refractivity (Wildman–Crippen MR) is 123 cm³/mol. The van der Waals surface area contributed by atoms with Crippen LogP contribution in [0.3, 0.4) is 0 Å². The van der Waals surface area contributed by atoms with Crippen molar-refractivity contribution in [3.05, 3.63) is 53.1 Å². The van der Waals surface area contributed by atoms with Crippen molar-refractivity contribution < 1.29 is 17.9 Å². The summed E-state index contributed by atoms with van der Waals surface area (Å²) in [5.41, 5.74) is 3.83. The van der Waals surface area contributed by atoms with Crippen LogP contribution in [0.5, 0.6) is 5.75 Å². The molecule has 1 fully saturated rings. The molecule has 2 aromatic carbocycles. The largest absolute Gasteiger partial charge is 0.495 e. The number of carbonyl (C=O) groups excluding carboxylic acids is 1. The number of methoxy groups -OCH3 is 1. The summed E-state index contributed by atoms with van der Waals surface area (Å²) in [6.45, 7) is 8.56. The van der Waals surface area contributed by atoms with E-state index in [1.54, 1.807) is 12.1 Å². The van der Waals surface area contributed by atoms with E-state index in [1.807, 2.05) is 52.0 Å². The number of sulfonamides is 1. The van der Waals surface area contributed by atoms with Gasteiger partial charge in [0, 0.05) is 18.8 Å². The molecule has 168 valence electrons. The number of nitrogens with one attached hydrogen (secondary N) is 1. The third-order valence-electron chi connectivity index (χ3n) is 6.09. The van der Waals surface area contributed by atoms with E-state index in [9.17, 15) is 13.2 Å². The number of rotatable bonds is 6. The lowest BCUT2D eigenvalue weighted by atomic mass is 9.98. The molecule has 1 aliphatic rings. The van der Waals surface area contributed by atoms with Crippen LogP contribution in [0.15, 0.2) is 41.3 Å². The van der Waals surface area contributed by atoms with Gasteiger partial charge in [0.25, 0.3) is 0 Å². The summed E-state index contributed by atoms with van der Waals surface area (Å²) in [7, 11) is -2.31. The van der Waals surface area contributed by atoms with Crippen LogP contribution in [0.4, 0.5) is 5.69 Å². The molecule has 0 aliphatic carbocycles. The van der Waals surface area contributed by atoms with Crippen molar-refractivity contribution in [3.63, 3.8) is 0 Å². The van der Waals surface area contributed by atoms with E-state index < -0.39 is 15.9 Å². The summed E-state index contributed by atoms with van der Waals surface area (Å²) in [4.78, 5) is 13.1. The second-order valence-corrected chi connectivity index (χ2v) is 10.4. The Bertz CT molecular complexity index is 1060. The maximum atomic E-state index is 13.5. The summed E-state index contributed by atoms with van der Waals surface area (Å²) < 4.78 is 33.7. The number of nitrogens with zero attached hydrogens (tertiary/aromatic N) is 1. The van der Waals surface area contributed by atoms with Crippen LogP contribution >= 0.6 is 0 Å². The minimum absolute atomic E-state index is 0.142. The van der Waals surface area contributed by atoms with E-state index in [4.69, 9.17) is 4.74 Å². The van der Waals surface area contributed by atoms with Gasteiger partial charge in [-0.25, -0.2) is 8.42 Å². The van der Waals surface area contributed by atoms with Crippen LogP contribution in [0.2, 0.25) is 0 Å². The predicted octanol–water partition coefficient (Wildman–Crippen LogP) is 4.47. The third kappa shape index (κ3) is 4.93. The highest BCUT2D eigenvalue weighted by Gasteiger charge is 2.35. The summed E-state index contributed by atoms with van der Waals surface area (Å²) in [5.74, 6) is -0.0251. The SMILES string of the molecule is COc1ccc(C(C)C)cc1S(=O)(=O)N1CCC[C@H](C(=O)Nc2cccc(C)c2C)C1. The van der Waals surface area contributed by atoms with E-state index in [-0.39, 0.29) is 23.3 Å². The molecule has 7 heteroatoms. The second-order valence-electron chi connectivity index (χ2n) is 8.50. The van der Waals surface area contributed by atoms with Crippen molar-refractivity contribution in [2.45, 2.75) is 51.3 Å². The van der Waals surface area contributed by atoms with Crippen LogP contribution in [0, 0.1) is 19.8 Å². The van der Waals surface area contributed by atoms with Gasteiger partial charge in [0.05, 0.1) is 13.0 Å². The first-order valence-corrected chi connectivity index (χ1v) is 12.1. The average Bonchev–Trinajstić information content (AvgIpc) is 2.76. The fourth-order valence-corrected chi connectivity index (χ4v) is 5.60. The highest BCUT2D eigenvalue weighted by atomic mass is 32.2. The lowest BCUT2D eigenvalue weighted by Crippen LogP contribution is -2.43. The van der Waals surface area contributed by atoms with E-state index in [0.717, 1.165) is 22.4 Å². The lowest BCUT2D eigenvalue weighted by molar-refractivity contribution is -0.120. The Morgan fingerprint density at radius 1 is 1.19 bits per heavy atom. The Kier molecular flexibility index (Phi) is 7.06. The van der Waals surface area contributed by atoms with Gasteiger partial charge in [-0.15, -0.1) is 0 Å². The topological polar surface area (TPSA) is 75.7 Å². The zero-order chi connectivity index (χ0) is 22.8. The van der Waals surface area contributed by atoms with Crippen molar-refractivity contribution in [2.24, 2.45) is 5.92 Å². The molecule has 1 amide bonds. The molecule has 6 nitrogen and oxygen atoms in total. The Labute approximate surface area is 185 Å². The average molecular weight is 445 g/mol. The molecule has 1 atom stereocenters. The Morgan fingerprint density at radius 3 is 2.61 bits per heavy atom. The first-order valence-electron chi connectivity index (χ1n) is 10.7. The molecule has 0 spiro atoms. The van der Waals surface area contributed by atoms with Gasteiger partial charge in [0.1, 0.15) is 10.6 Å². The number of ether oxygens (including phenoxy) is 1. The highest BCUT2D eigenvalue weighted by molar-refractivity contribution is 7.89. The summed E-state index contributed by atoms with van der Waals surface area (Å²) in [5, 5.41) is 2.99. The monoisotopic (exact) mass is 444 g/mol. The number of benzene rings is 2. The number of hydrogen-bond acceptors (Lipinski definition) is 4. The molecule has 2 aromatic rings. The minimum atomic E-state index is -3.79. The fourth-order valence-electron chi connectivity index (χ4n) is 3.89. The molecule has 3 rings (SSSR count). The number of hydrogen-bond donors (Lipinski definition) is 1. The van der Waals surface area contributed by atoms with Gasteiger partial charge in [-0.2, -0.15) is 4.31 Å². The number of anilines is 1. The van der Waals surface area contributed by atoms with Gasteiger partial charge >= 0.3 is 0 Å². The van der Waals surface area contributed by atoms with Crippen molar-refractivity contribution in [1.82, 2.24) is 4.31 Å². The molecule has 31 heavy (non-hydrogen) atoms. The molecule has 0 saturated carbocycles. The van der Waals surface area contributed by atoms with Crippen LogP contribution in [-0.2, 0) is 14.8 Å². The molecule has 0 aromatic heterocycles. The van der Waals surface area contributed by atoms with Crippen LogP contribution < -0.4 is 10.1 Å². The van der Waals surface area contributed by atoms with Gasteiger partial charge in [-0.3, -0.25) is 4.79 Å². The molecule has 0 bridgehead atoms. The van der Waals surface area contributed by atoms with Gasteiger partial charge < -0.3 is 10.1 Å². The zero-order valence-corrected chi connectivity index (χ0v) is 19.8. The number of carbonyl (C=O) groups is 1. The Balaban J connectivity index is 1.83. The molecule has 0 radical (unpaired) electrons. The quantitative estimate of drug-likeness (QED) is 0.713. The summed E-state index contributed by atoms with van der Waals surface area (Å²) >= 11 is 0. The van der Waals surface area contributed by atoms with Gasteiger partial charge in [0.2, 0.25) is 15.9 Å². The van der Waals surface area contributed by atoms with Crippen LogP contribution in [0.1, 0.15) is 49.3 Å². The fraction of sp³-hybridized carbons (Fsp3) is 0.458. The highest BCUT2D eigenvalue weighted by Crippen LogP contribution is 2.32. The second kappa shape index (κ2) is 9.40. The number of aryl methyl sites for hydroxylation is 1. The molecule has 0 unspecified atom stereocenters. The van der Waals surface area contributed by atoms with Crippen LogP contribution in [-0.4, -0.2) is 38.8 Å². The molecule has 1 aliphatic heterocycles. The summed E-state index contributed by atoms with van der Waals surface area (Å²) in [6, 6.07) is 11.1. The Morgan fingerprint density at radius 2 is 1.94 bits per heavy atom. The molecule has 1 N–H and O–H groups in total. The van der Waals surface area contributed by atoms with Crippen molar-refractivity contribution in [3.8, 4) is 5.75 Å². The van der Waals surface area contributed by atoms with Gasteiger partial charge in [-0.1, -0.05) is 32.0 Å². The Hall–Kier alpha value is -2.38. The number of amides is 1. The third-order valence-corrected chi connectivity index (χ3v) is 7.98. The first-order chi connectivity index (χ1) is 14.6. The maximum absolute atomic E-state index is 13.5. The smallest absolute Gasteiger partial charge is 0.246 e. The minimum Gasteiger partial charge on any atom is -0.495 e. The molecule has 1 heterocycles. The molecular formula is C24H32N2O4S.